The largest absolute Gasteiger partial charge is 0.496 e. The number of rotatable bonds is 7. The number of anilines is 1. The van der Waals surface area contributed by atoms with Gasteiger partial charge >= 0.3 is 17.9 Å². The summed E-state index contributed by atoms with van der Waals surface area (Å²) in [6.45, 7) is 9.03. The van der Waals surface area contributed by atoms with Crippen molar-refractivity contribution < 1.29 is 38.4 Å². The zero-order valence-corrected chi connectivity index (χ0v) is 35.2. The number of aliphatic hydroxyl groups is 1. The number of nitrogens with zero attached hydrogens (tertiary/aromatic N) is 3. The quantitative estimate of drug-likeness (QED) is 0.144. The van der Waals surface area contributed by atoms with E-state index in [1.54, 1.807) is 7.11 Å². The van der Waals surface area contributed by atoms with E-state index in [0.717, 1.165) is 52.9 Å². The lowest BCUT2D eigenvalue weighted by atomic mass is 9.47. The van der Waals surface area contributed by atoms with Crippen LogP contribution in [0.1, 0.15) is 68.8 Å². The van der Waals surface area contributed by atoms with Crippen molar-refractivity contribution in [2.24, 2.45) is 17.3 Å². The standard InChI is InChI=1S/C45H55ClN4O8/c1-8-42-14-11-16-50-17-15-43(37(42)50)31-19-32(35(55-5)20-34(31)48(4)38(43)45(54,41(53)57-7)39(42)58-26(3)51)44(40(52)56-6)21-27-18-28(25(2)46)23-49(22-27)24-30-29-12-9-10-13-33(29)47-36(30)44/h9-14,19-20,25,27-28,37-39,47,54H,8,15-18,21-24H2,1-7H3/t25?,27?,28?,37-,38+,39+,42+,43+,44-,45?/m0/s1. The third kappa shape index (κ3) is 5.01. The molecular weight excluding hydrogens is 760 g/mol. The number of methoxy groups -OCH3 is 3. The van der Waals surface area contributed by atoms with Crippen LogP contribution in [0.5, 0.6) is 5.75 Å². The van der Waals surface area contributed by atoms with Gasteiger partial charge < -0.3 is 33.9 Å². The van der Waals surface area contributed by atoms with Gasteiger partial charge in [-0.3, -0.25) is 19.4 Å². The number of benzene rings is 2. The molecule has 2 N–H and O–H groups in total. The van der Waals surface area contributed by atoms with Gasteiger partial charge in [0.2, 0.25) is 5.60 Å². The predicted octanol–water partition coefficient (Wildman–Crippen LogP) is 5.05. The monoisotopic (exact) mass is 814 g/mol. The molecule has 9 rings (SSSR count). The Kier molecular flexibility index (Phi) is 9.31. The number of ether oxygens (including phenoxy) is 4. The highest BCUT2D eigenvalue weighted by molar-refractivity contribution is 6.20. The maximum atomic E-state index is 15.2. The van der Waals surface area contributed by atoms with Crippen molar-refractivity contribution in [3.8, 4) is 5.75 Å². The number of likely N-dealkylation sites (N-methyl/N-ethyl adjacent to an activating group) is 1. The van der Waals surface area contributed by atoms with Gasteiger partial charge in [0.25, 0.3) is 0 Å². The molecule has 1 aromatic heterocycles. The third-order valence-electron chi connectivity index (χ3n) is 15.2. The number of alkyl halides is 1. The lowest BCUT2D eigenvalue weighted by molar-refractivity contribution is -0.228. The molecule has 310 valence electrons. The average molecular weight is 815 g/mol. The van der Waals surface area contributed by atoms with E-state index < -0.39 is 51.9 Å². The van der Waals surface area contributed by atoms with Crippen molar-refractivity contribution >= 4 is 46.1 Å². The van der Waals surface area contributed by atoms with Gasteiger partial charge in [-0.15, -0.1) is 11.6 Å². The average Bonchev–Trinajstić information content (AvgIpc) is 3.87. The van der Waals surface area contributed by atoms with E-state index in [2.05, 4.69) is 52.1 Å². The number of aromatic amines is 1. The molecule has 0 amide bonds. The highest BCUT2D eigenvalue weighted by atomic mass is 35.5. The van der Waals surface area contributed by atoms with E-state index in [1.807, 2.05) is 37.1 Å². The summed E-state index contributed by atoms with van der Waals surface area (Å²) >= 11 is 6.87. The van der Waals surface area contributed by atoms with Crippen LogP contribution in [0, 0.1) is 17.3 Å². The number of hydrogen-bond acceptors (Lipinski definition) is 11. The van der Waals surface area contributed by atoms with Crippen molar-refractivity contribution in [3.63, 3.8) is 0 Å². The molecule has 0 radical (unpaired) electrons. The molecule has 6 aliphatic rings. The van der Waals surface area contributed by atoms with Crippen LogP contribution in [-0.2, 0) is 46.0 Å². The Labute approximate surface area is 344 Å². The van der Waals surface area contributed by atoms with Crippen molar-refractivity contribution in [2.75, 3.05) is 59.5 Å². The molecule has 6 heterocycles. The summed E-state index contributed by atoms with van der Waals surface area (Å²) in [6.07, 6.45) is 5.23. The number of esters is 3. The maximum absolute atomic E-state index is 15.2. The first-order chi connectivity index (χ1) is 27.8. The number of para-hydroxylation sites is 1. The summed E-state index contributed by atoms with van der Waals surface area (Å²) in [5.74, 6) is -1.04. The zero-order valence-electron chi connectivity index (χ0n) is 34.5. The molecule has 1 spiro atoms. The van der Waals surface area contributed by atoms with Gasteiger partial charge in [-0.1, -0.05) is 37.3 Å². The highest BCUT2D eigenvalue weighted by Crippen LogP contribution is 2.68. The maximum Gasteiger partial charge on any atom is 0.344 e. The van der Waals surface area contributed by atoms with Crippen LogP contribution >= 0.6 is 11.6 Å². The van der Waals surface area contributed by atoms with Gasteiger partial charge in [-0.25, -0.2) is 4.79 Å². The van der Waals surface area contributed by atoms with E-state index >= 15 is 4.79 Å². The molecule has 2 bridgehead atoms. The van der Waals surface area contributed by atoms with Crippen molar-refractivity contribution in [1.82, 2.24) is 14.8 Å². The van der Waals surface area contributed by atoms with Crippen molar-refractivity contribution in [2.45, 2.75) is 93.0 Å². The van der Waals surface area contributed by atoms with Crippen molar-refractivity contribution in [1.29, 1.82) is 0 Å². The van der Waals surface area contributed by atoms with E-state index in [0.29, 0.717) is 50.2 Å². The Balaban J connectivity index is 1.36. The van der Waals surface area contributed by atoms with Crippen LogP contribution in [0.25, 0.3) is 10.9 Å². The fourth-order valence-electron chi connectivity index (χ4n) is 13.2. The minimum atomic E-state index is -2.28. The van der Waals surface area contributed by atoms with Crippen LogP contribution in [0.4, 0.5) is 5.69 Å². The summed E-state index contributed by atoms with van der Waals surface area (Å²) in [7, 11) is 6.21. The molecule has 1 aliphatic carbocycles. The second-order valence-corrected chi connectivity index (χ2v) is 18.5. The summed E-state index contributed by atoms with van der Waals surface area (Å²) in [6, 6.07) is 11.1. The number of carbonyl (C=O) groups is 3. The molecule has 5 unspecified atom stereocenters. The van der Waals surface area contributed by atoms with E-state index in [4.69, 9.17) is 30.5 Å². The van der Waals surface area contributed by atoms with Crippen molar-refractivity contribution in [3.05, 3.63) is 70.9 Å². The first-order valence-corrected chi connectivity index (χ1v) is 21.1. The number of carbonyl (C=O) groups excluding carboxylic acids is 3. The van der Waals surface area contributed by atoms with Crippen LogP contribution < -0.4 is 9.64 Å². The molecule has 2 aromatic carbocycles. The molecule has 12 nitrogen and oxygen atoms in total. The molecule has 5 aliphatic heterocycles. The lowest BCUT2D eigenvalue weighted by Crippen LogP contribution is -2.81. The molecule has 13 heteroatoms. The number of fused-ring (bicyclic) bond motifs is 6. The second kappa shape index (κ2) is 13.7. The lowest BCUT2D eigenvalue weighted by Gasteiger charge is -2.63. The Hall–Kier alpha value is -4.10. The fourth-order valence-corrected chi connectivity index (χ4v) is 13.4. The minimum Gasteiger partial charge on any atom is -0.496 e. The molecule has 1 saturated carbocycles. The number of nitrogens with one attached hydrogen (secondary N) is 1. The zero-order chi connectivity index (χ0) is 41.1. The summed E-state index contributed by atoms with van der Waals surface area (Å²) in [4.78, 5) is 53.2. The molecule has 58 heavy (non-hydrogen) atoms. The van der Waals surface area contributed by atoms with E-state index in [-0.39, 0.29) is 23.3 Å². The fraction of sp³-hybridized carbons (Fsp3) is 0.578. The number of aromatic nitrogens is 1. The van der Waals surface area contributed by atoms with Crippen LogP contribution in [0.3, 0.4) is 0 Å². The second-order valence-electron chi connectivity index (χ2n) is 17.8. The van der Waals surface area contributed by atoms with Gasteiger partial charge in [-0.2, -0.15) is 0 Å². The number of H-pyrrole nitrogens is 1. The van der Waals surface area contributed by atoms with Gasteiger partial charge in [0.05, 0.1) is 27.4 Å². The molecule has 11 atom stereocenters. The SMILES string of the molecule is CC[C@]12C=CCN3CC[C@@]4(c5cc([C@@]6(C(=O)OC)CC7CC(C(C)Cl)CN(Cc8c6[nH]c6ccccc86)C7)c(OC)cc5N(C)[C@H]4C(O)(C(=O)OC)[C@@H]1OC(C)=O)[C@@H]32. The predicted molar refractivity (Wildman–Crippen MR) is 219 cm³/mol. The first-order valence-electron chi connectivity index (χ1n) is 20.7. The smallest absolute Gasteiger partial charge is 0.344 e. The van der Waals surface area contributed by atoms with Gasteiger partial charge in [0.15, 0.2) is 6.10 Å². The molecular formula is C45H55ClN4O8. The van der Waals surface area contributed by atoms with Gasteiger partial charge in [0.1, 0.15) is 11.2 Å². The summed E-state index contributed by atoms with van der Waals surface area (Å²) in [5.41, 5.74) is -0.384. The Bertz CT molecular complexity index is 2220. The van der Waals surface area contributed by atoms with Crippen LogP contribution in [-0.4, -0.2) is 122 Å². The van der Waals surface area contributed by atoms with E-state index in [1.165, 1.54) is 21.1 Å². The Morgan fingerprint density at radius 2 is 1.81 bits per heavy atom. The van der Waals surface area contributed by atoms with E-state index in [9.17, 15) is 14.7 Å². The molecule has 2 saturated heterocycles. The normalized spacial score (nSPS) is 36.5. The summed E-state index contributed by atoms with van der Waals surface area (Å²) in [5, 5.41) is 14.3. The number of halogens is 1. The molecule has 3 fully saturated rings. The Morgan fingerprint density at radius 1 is 1.05 bits per heavy atom. The third-order valence-corrected chi connectivity index (χ3v) is 15.6. The van der Waals surface area contributed by atoms with Gasteiger partial charge in [-0.05, 0) is 74.2 Å². The number of hydrogen-bond donors (Lipinski definition) is 2. The topological polar surface area (TPSA) is 134 Å². The van der Waals surface area contributed by atoms with Crippen LogP contribution in [0.2, 0.25) is 0 Å². The first kappa shape index (κ1) is 39.4. The Morgan fingerprint density at radius 3 is 2.50 bits per heavy atom. The highest BCUT2D eigenvalue weighted by Gasteiger charge is 2.80. The van der Waals surface area contributed by atoms with Gasteiger partial charge in [0, 0.05) is 96.3 Å². The van der Waals surface area contributed by atoms with Crippen LogP contribution in [0.15, 0.2) is 48.6 Å². The summed E-state index contributed by atoms with van der Waals surface area (Å²) < 4.78 is 23.9. The number of piperidine rings is 1. The minimum absolute atomic E-state index is 0.0508. The molecule has 3 aromatic rings.